The van der Waals surface area contributed by atoms with Crippen LogP contribution < -0.4 is 5.43 Å². The molecular formula is C11H10ClN4O+. The zero-order chi connectivity index (χ0) is 12.1. The van der Waals surface area contributed by atoms with E-state index in [1.807, 2.05) is 6.08 Å². The summed E-state index contributed by atoms with van der Waals surface area (Å²) in [5.74, 6) is 0.643. The van der Waals surface area contributed by atoms with Crippen LogP contribution in [0, 0.1) is 0 Å². The van der Waals surface area contributed by atoms with Crippen LogP contribution in [0.2, 0.25) is 0 Å². The normalized spacial score (nSPS) is 16.5. The average molecular weight is 250 g/mol. The van der Waals surface area contributed by atoms with Gasteiger partial charge in [-0.15, -0.1) is 0 Å². The van der Waals surface area contributed by atoms with Gasteiger partial charge in [-0.25, -0.2) is 9.97 Å². The summed E-state index contributed by atoms with van der Waals surface area (Å²) in [6, 6.07) is 1.76. The molecular weight excluding hydrogens is 240 g/mol. The maximum absolute atomic E-state index is 10.6. The zero-order valence-electron chi connectivity index (χ0n) is 8.88. The lowest BCUT2D eigenvalue weighted by Gasteiger charge is -2.04. The van der Waals surface area contributed by atoms with Gasteiger partial charge in [0.1, 0.15) is 6.42 Å². The van der Waals surface area contributed by atoms with Crippen molar-refractivity contribution in [3.05, 3.63) is 42.8 Å². The average Bonchev–Trinajstić information content (AvgIpc) is 2.38. The molecule has 6 heteroatoms. The molecule has 0 aliphatic carbocycles. The second-order valence-corrected chi connectivity index (χ2v) is 3.69. The summed E-state index contributed by atoms with van der Waals surface area (Å²) in [5, 5.41) is -0.402. The Kier molecular flexibility index (Phi) is 3.62. The summed E-state index contributed by atoms with van der Waals surface area (Å²) >= 11 is 5.24. The van der Waals surface area contributed by atoms with Crippen molar-refractivity contribution >= 4 is 28.6 Å². The number of hydrogen-bond donors (Lipinski definition) is 1. The number of hydrazine groups is 1. The van der Waals surface area contributed by atoms with Gasteiger partial charge in [0.25, 0.3) is 0 Å². The Morgan fingerprint density at radius 3 is 2.82 bits per heavy atom. The highest BCUT2D eigenvalue weighted by molar-refractivity contribution is 6.64. The van der Waals surface area contributed by atoms with Gasteiger partial charge in [-0.05, 0) is 17.7 Å². The molecule has 2 heterocycles. The van der Waals surface area contributed by atoms with Crippen LogP contribution in [0.25, 0.3) is 5.57 Å². The standard InChI is InChI=1S/C11H10ClN4O/c12-10(17)3-7-16-6-2-9(8-15-16)11-13-4-1-5-14-11/h1-2,4-8,15H,3H2/q+1. The van der Waals surface area contributed by atoms with Gasteiger partial charge < -0.3 is 0 Å². The Morgan fingerprint density at radius 1 is 1.47 bits per heavy atom. The molecule has 0 fully saturated rings. The van der Waals surface area contributed by atoms with Crippen LogP contribution in [0.3, 0.4) is 0 Å². The van der Waals surface area contributed by atoms with Gasteiger partial charge in [-0.2, -0.15) is 5.43 Å². The number of carbonyl (C=O) groups excluding carboxylic acids is 1. The molecule has 0 spiro atoms. The van der Waals surface area contributed by atoms with Crippen molar-refractivity contribution in [3.8, 4) is 0 Å². The van der Waals surface area contributed by atoms with E-state index >= 15 is 0 Å². The maximum Gasteiger partial charge on any atom is 0.231 e. The largest absolute Gasteiger partial charge is 0.281 e. The molecule has 86 valence electrons. The Labute approximate surface area is 103 Å². The minimum absolute atomic E-state index is 0.171. The van der Waals surface area contributed by atoms with E-state index in [-0.39, 0.29) is 6.42 Å². The van der Waals surface area contributed by atoms with E-state index < -0.39 is 5.24 Å². The van der Waals surface area contributed by atoms with E-state index in [4.69, 9.17) is 11.6 Å². The monoisotopic (exact) mass is 249 g/mol. The second-order valence-electron chi connectivity index (χ2n) is 3.27. The van der Waals surface area contributed by atoms with Crippen molar-refractivity contribution < 1.29 is 9.48 Å². The molecule has 1 aromatic heterocycles. The lowest BCUT2D eigenvalue weighted by Crippen LogP contribution is -2.23. The predicted octanol–water partition coefficient (Wildman–Crippen LogP) is 1.09. The number of carbonyl (C=O) groups is 1. The molecule has 1 aromatic rings. The highest BCUT2D eigenvalue weighted by Gasteiger charge is 2.09. The van der Waals surface area contributed by atoms with E-state index in [9.17, 15) is 4.79 Å². The van der Waals surface area contributed by atoms with Gasteiger partial charge in [0, 0.05) is 24.0 Å². The highest BCUT2D eigenvalue weighted by Crippen LogP contribution is 2.11. The van der Waals surface area contributed by atoms with Gasteiger partial charge in [-0.3, -0.25) is 4.79 Å². The van der Waals surface area contributed by atoms with Gasteiger partial charge in [0.15, 0.2) is 18.2 Å². The summed E-state index contributed by atoms with van der Waals surface area (Å²) < 4.78 is 1.65. The number of hydrogen-bond acceptors (Lipinski definition) is 4. The Hall–Kier alpha value is -2.01. The lowest BCUT2D eigenvalue weighted by molar-refractivity contribution is -0.507. The third kappa shape index (κ3) is 3.22. The molecule has 5 nitrogen and oxygen atoms in total. The highest BCUT2D eigenvalue weighted by atomic mass is 35.5. The van der Waals surface area contributed by atoms with Crippen LogP contribution in [0.4, 0.5) is 0 Å². The molecule has 1 aliphatic heterocycles. The predicted molar refractivity (Wildman–Crippen MR) is 64.1 cm³/mol. The molecule has 0 aromatic carbocycles. The molecule has 0 bridgehead atoms. The third-order valence-electron chi connectivity index (χ3n) is 2.06. The van der Waals surface area contributed by atoms with Gasteiger partial charge in [-0.1, -0.05) is 4.68 Å². The number of aromatic nitrogens is 2. The Bertz CT molecular complexity index is 507. The van der Waals surface area contributed by atoms with Crippen molar-refractivity contribution in [2.45, 2.75) is 6.42 Å². The number of nitrogens with one attached hydrogen (secondary N) is 1. The smallest absolute Gasteiger partial charge is 0.231 e. The van der Waals surface area contributed by atoms with E-state index in [0.717, 1.165) is 5.57 Å². The van der Waals surface area contributed by atoms with Crippen molar-refractivity contribution in [2.75, 3.05) is 0 Å². The van der Waals surface area contributed by atoms with Crippen LogP contribution in [0.15, 0.2) is 36.9 Å². The van der Waals surface area contributed by atoms with Crippen LogP contribution in [0.5, 0.6) is 0 Å². The first-order valence-corrected chi connectivity index (χ1v) is 5.35. The van der Waals surface area contributed by atoms with Crippen molar-refractivity contribution in [1.29, 1.82) is 0 Å². The first-order valence-electron chi connectivity index (χ1n) is 4.97. The summed E-state index contributed by atoms with van der Waals surface area (Å²) in [7, 11) is 0. The fourth-order valence-electron chi connectivity index (χ4n) is 1.27. The van der Waals surface area contributed by atoms with Crippen molar-refractivity contribution in [1.82, 2.24) is 15.4 Å². The molecule has 0 saturated heterocycles. The maximum atomic E-state index is 10.6. The number of rotatable bonds is 3. The number of allylic oxidation sites excluding steroid dienone is 2. The number of hydrazone groups is 1. The fraction of sp³-hybridized carbons (Fsp3) is 0.0909. The topological polar surface area (TPSA) is 57.9 Å². The molecule has 0 saturated carbocycles. The van der Waals surface area contributed by atoms with Gasteiger partial charge in [0.2, 0.25) is 5.24 Å². The molecule has 0 unspecified atom stereocenters. The Morgan fingerprint density at radius 2 is 2.24 bits per heavy atom. The first kappa shape index (κ1) is 11.5. The quantitative estimate of drug-likeness (QED) is 0.644. The van der Waals surface area contributed by atoms with E-state index in [2.05, 4.69) is 15.4 Å². The van der Waals surface area contributed by atoms with Crippen LogP contribution in [0.1, 0.15) is 12.2 Å². The lowest BCUT2D eigenvalue weighted by atomic mass is 10.2. The van der Waals surface area contributed by atoms with Crippen molar-refractivity contribution in [2.24, 2.45) is 0 Å². The van der Waals surface area contributed by atoms with Gasteiger partial charge in [0.05, 0.1) is 6.20 Å². The summed E-state index contributed by atoms with van der Waals surface area (Å²) in [6.45, 7) is 0. The van der Waals surface area contributed by atoms with E-state index in [1.165, 1.54) is 0 Å². The molecule has 1 aliphatic rings. The van der Waals surface area contributed by atoms with Crippen LogP contribution in [-0.4, -0.2) is 26.1 Å². The number of nitrogens with zero attached hydrogens (tertiary/aromatic N) is 3. The van der Waals surface area contributed by atoms with Crippen LogP contribution >= 0.6 is 11.6 Å². The van der Waals surface area contributed by atoms with Crippen molar-refractivity contribution in [3.63, 3.8) is 0 Å². The van der Waals surface area contributed by atoms with E-state index in [0.29, 0.717) is 5.82 Å². The molecule has 0 atom stereocenters. The summed E-state index contributed by atoms with van der Waals surface area (Å²) in [4.78, 5) is 18.8. The first-order chi connectivity index (χ1) is 8.25. The minimum atomic E-state index is -0.402. The molecule has 0 radical (unpaired) electrons. The minimum Gasteiger partial charge on any atom is -0.281 e. The molecule has 0 amide bonds. The molecule has 17 heavy (non-hydrogen) atoms. The Balaban J connectivity index is 2.07. The van der Waals surface area contributed by atoms with Crippen LogP contribution in [-0.2, 0) is 4.79 Å². The summed E-state index contributed by atoms with van der Waals surface area (Å²) in [5.41, 5.74) is 3.83. The van der Waals surface area contributed by atoms with Gasteiger partial charge >= 0.3 is 0 Å². The summed E-state index contributed by atoms with van der Waals surface area (Å²) in [6.07, 6.45) is 10.6. The third-order valence-corrected chi connectivity index (χ3v) is 2.21. The molecule has 1 N–H and O–H groups in total. The molecule has 2 rings (SSSR count). The fourth-order valence-corrected chi connectivity index (χ4v) is 1.34. The number of halogens is 1. The second kappa shape index (κ2) is 5.36. The zero-order valence-corrected chi connectivity index (χ0v) is 9.63. The SMILES string of the molecule is O=C(Cl)CC=[N+]1C=CC(c2ncccn2)=CN1. The van der Waals surface area contributed by atoms with E-state index in [1.54, 1.807) is 41.8 Å².